The molecule has 0 fully saturated rings. The molecule has 0 rings (SSSR count). The van der Waals surface area contributed by atoms with Crippen molar-refractivity contribution in [1.29, 1.82) is 0 Å². The van der Waals surface area contributed by atoms with Gasteiger partial charge in [0.25, 0.3) is 0 Å². The minimum Gasteiger partial charge on any atom is -0.394 e. The van der Waals surface area contributed by atoms with E-state index in [9.17, 15) is 25.5 Å². The van der Waals surface area contributed by atoms with Crippen LogP contribution in [0.25, 0.3) is 0 Å². The van der Waals surface area contributed by atoms with Gasteiger partial charge in [0.15, 0.2) is 6.10 Å². The van der Waals surface area contributed by atoms with Crippen LogP contribution >= 0.6 is 0 Å². The largest absolute Gasteiger partial charge is 0.394 e. The van der Waals surface area contributed by atoms with Gasteiger partial charge < -0.3 is 25.5 Å². The average molecular weight is 631 g/mol. The number of unbranched alkanes of at least 4 members (excludes halogenated alkanes) is 26. The molecular formula is C38H80NO5+. The van der Waals surface area contributed by atoms with E-state index in [-0.39, 0.29) is 4.48 Å². The van der Waals surface area contributed by atoms with Crippen molar-refractivity contribution >= 4 is 0 Å². The molecule has 0 heterocycles. The van der Waals surface area contributed by atoms with Crippen molar-refractivity contribution in [3.05, 3.63) is 0 Å². The van der Waals surface area contributed by atoms with Crippen LogP contribution in [0, 0.1) is 0 Å². The van der Waals surface area contributed by atoms with Gasteiger partial charge in [0.2, 0.25) is 6.23 Å². The van der Waals surface area contributed by atoms with Crippen LogP contribution in [-0.2, 0) is 0 Å². The fourth-order valence-corrected chi connectivity index (χ4v) is 6.59. The third-order valence-corrected chi connectivity index (χ3v) is 9.92. The Labute approximate surface area is 274 Å². The standard InChI is InChI=1S/C38H80NO5/c1-4-6-8-10-12-14-16-18-20-22-24-26-28-30-32-39(3,38(44)37(43)36(42)35(41)34-40)33-31-29-27-25-23-21-19-17-15-13-11-9-7-5-2/h35-38,40-44H,4-34H2,1-3H3/q+1/t35-,36-,37+,38?/m1/s1. The predicted molar refractivity (Wildman–Crippen MR) is 188 cm³/mol. The Morgan fingerprint density at radius 2 is 0.636 bits per heavy atom. The second-order valence-electron chi connectivity index (χ2n) is 14.3. The average Bonchev–Trinajstić information content (AvgIpc) is 3.03. The van der Waals surface area contributed by atoms with E-state index in [2.05, 4.69) is 13.8 Å². The Hall–Kier alpha value is -0.240. The number of nitrogens with zero attached hydrogens (tertiary/aromatic N) is 1. The molecule has 0 aliphatic heterocycles. The van der Waals surface area contributed by atoms with Crippen molar-refractivity contribution in [2.75, 3.05) is 26.7 Å². The molecule has 44 heavy (non-hydrogen) atoms. The van der Waals surface area contributed by atoms with Crippen molar-refractivity contribution in [3.63, 3.8) is 0 Å². The fraction of sp³-hybridized carbons (Fsp3) is 1.00. The summed E-state index contributed by atoms with van der Waals surface area (Å²) in [6, 6.07) is 0. The molecule has 5 N–H and O–H groups in total. The van der Waals surface area contributed by atoms with Gasteiger partial charge in [0, 0.05) is 0 Å². The lowest BCUT2D eigenvalue weighted by molar-refractivity contribution is -0.958. The summed E-state index contributed by atoms with van der Waals surface area (Å²) in [5.74, 6) is 0. The normalized spacial score (nSPS) is 15.0. The van der Waals surface area contributed by atoms with Crippen LogP contribution in [0.4, 0.5) is 0 Å². The summed E-state index contributed by atoms with van der Waals surface area (Å²) in [6.45, 7) is 5.36. The zero-order valence-electron chi connectivity index (χ0n) is 29.9. The van der Waals surface area contributed by atoms with Gasteiger partial charge in [-0.2, -0.15) is 0 Å². The molecule has 0 aromatic carbocycles. The highest BCUT2D eigenvalue weighted by atomic mass is 16.4. The number of rotatable bonds is 35. The monoisotopic (exact) mass is 631 g/mol. The molecule has 6 heteroatoms. The van der Waals surface area contributed by atoms with E-state index in [0.717, 1.165) is 38.8 Å². The fourth-order valence-electron chi connectivity index (χ4n) is 6.59. The summed E-state index contributed by atoms with van der Waals surface area (Å²) in [5, 5.41) is 51.1. The number of likely N-dealkylation sites (N-methyl/N-ethyl adjacent to an activating group) is 1. The van der Waals surface area contributed by atoms with Crippen LogP contribution in [-0.4, -0.2) is 81.3 Å². The predicted octanol–water partition coefficient (Wildman–Crippen LogP) is 8.79. The maximum absolute atomic E-state index is 11.1. The SMILES string of the molecule is CCCCCCCCCCCCCCCC[N+](C)(CCCCCCCCCCCCCCCC)C(O)[C@@H](O)[C@H](O)[C@H](O)CO. The molecule has 1 unspecified atom stereocenters. The molecule has 0 aliphatic carbocycles. The highest BCUT2D eigenvalue weighted by Crippen LogP contribution is 2.21. The maximum Gasteiger partial charge on any atom is 0.219 e. The third kappa shape index (κ3) is 24.0. The lowest BCUT2D eigenvalue weighted by Gasteiger charge is -2.42. The molecule has 0 amide bonds. The summed E-state index contributed by atoms with van der Waals surface area (Å²) >= 11 is 0. The number of quaternary nitrogens is 1. The van der Waals surface area contributed by atoms with Crippen LogP contribution in [0.5, 0.6) is 0 Å². The van der Waals surface area contributed by atoms with E-state index in [1.807, 2.05) is 7.05 Å². The quantitative estimate of drug-likeness (QED) is 0.0274. The number of hydrogen-bond donors (Lipinski definition) is 5. The van der Waals surface area contributed by atoms with Gasteiger partial charge in [0.1, 0.15) is 12.2 Å². The summed E-state index contributed by atoms with van der Waals surface area (Å²) in [4.78, 5) is 0. The Bertz CT molecular complexity index is 545. The highest BCUT2D eigenvalue weighted by molar-refractivity contribution is 4.77. The second-order valence-corrected chi connectivity index (χ2v) is 14.3. The number of aliphatic hydroxyl groups excluding tert-OH is 5. The zero-order chi connectivity index (χ0) is 32.7. The van der Waals surface area contributed by atoms with Crippen molar-refractivity contribution in [3.8, 4) is 0 Å². The van der Waals surface area contributed by atoms with Gasteiger partial charge in [-0.15, -0.1) is 0 Å². The summed E-state index contributed by atoms with van der Waals surface area (Å²) in [7, 11) is 1.97. The minimum atomic E-state index is -1.57. The first-order chi connectivity index (χ1) is 21.3. The van der Waals surface area contributed by atoms with Gasteiger partial charge in [-0.25, -0.2) is 0 Å². The molecular weight excluding hydrogens is 550 g/mol. The topological polar surface area (TPSA) is 101 Å². The lowest BCUT2D eigenvalue weighted by atomic mass is 10.0. The summed E-state index contributed by atoms with van der Waals surface area (Å²) < 4.78 is 0.271. The molecule has 0 saturated heterocycles. The van der Waals surface area contributed by atoms with Crippen molar-refractivity contribution in [2.45, 2.75) is 218 Å². The number of hydrogen-bond acceptors (Lipinski definition) is 5. The van der Waals surface area contributed by atoms with E-state index in [0.29, 0.717) is 0 Å². The van der Waals surface area contributed by atoms with E-state index in [1.54, 1.807) is 0 Å². The van der Waals surface area contributed by atoms with Crippen molar-refractivity contribution in [2.24, 2.45) is 0 Å². The summed E-state index contributed by atoms with van der Waals surface area (Å²) in [6.07, 6.45) is 30.6. The Morgan fingerprint density at radius 1 is 0.386 bits per heavy atom. The van der Waals surface area contributed by atoms with Gasteiger partial charge in [-0.05, 0) is 25.7 Å². The Balaban J connectivity index is 4.29. The Kier molecular flexibility index (Phi) is 31.2. The van der Waals surface area contributed by atoms with Crippen molar-refractivity contribution in [1.82, 2.24) is 0 Å². The van der Waals surface area contributed by atoms with E-state index in [4.69, 9.17) is 0 Å². The lowest BCUT2D eigenvalue weighted by Crippen LogP contribution is -2.62. The van der Waals surface area contributed by atoms with Crippen LogP contribution in [0.2, 0.25) is 0 Å². The Morgan fingerprint density at radius 3 is 0.886 bits per heavy atom. The molecule has 0 aromatic heterocycles. The minimum absolute atomic E-state index is 0.271. The first kappa shape index (κ1) is 43.8. The molecule has 0 radical (unpaired) electrons. The van der Waals surface area contributed by atoms with Gasteiger partial charge in [-0.3, -0.25) is 4.48 Å². The molecule has 4 atom stereocenters. The molecule has 6 nitrogen and oxygen atoms in total. The first-order valence-corrected chi connectivity index (χ1v) is 19.5. The molecule has 0 spiro atoms. The van der Waals surface area contributed by atoms with Gasteiger partial charge >= 0.3 is 0 Å². The zero-order valence-corrected chi connectivity index (χ0v) is 29.9. The third-order valence-electron chi connectivity index (χ3n) is 9.92. The van der Waals surface area contributed by atoms with Gasteiger partial charge in [-0.1, -0.05) is 168 Å². The van der Waals surface area contributed by atoms with Crippen molar-refractivity contribution < 1.29 is 30.0 Å². The van der Waals surface area contributed by atoms with Crippen LogP contribution < -0.4 is 0 Å². The number of aliphatic hydroxyl groups is 5. The molecule has 266 valence electrons. The first-order valence-electron chi connectivity index (χ1n) is 19.5. The molecule has 0 saturated carbocycles. The van der Waals surface area contributed by atoms with Gasteiger partial charge in [0.05, 0.1) is 26.7 Å². The van der Waals surface area contributed by atoms with Crippen LogP contribution in [0.3, 0.4) is 0 Å². The second kappa shape index (κ2) is 31.4. The van der Waals surface area contributed by atoms with Crippen LogP contribution in [0.1, 0.15) is 194 Å². The summed E-state index contributed by atoms with van der Waals surface area (Å²) in [5.41, 5.74) is 0. The highest BCUT2D eigenvalue weighted by Gasteiger charge is 2.41. The smallest absolute Gasteiger partial charge is 0.219 e. The molecule has 0 aromatic rings. The maximum atomic E-state index is 11.1. The molecule has 0 aliphatic rings. The van der Waals surface area contributed by atoms with E-state index in [1.165, 1.54) is 154 Å². The van der Waals surface area contributed by atoms with E-state index < -0.39 is 31.1 Å². The van der Waals surface area contributed by atoms with E-state index >= 15 is 0 Å². The van der Waals surface area contributed by atoms with Crippen LogP contribution in [0.15, 0.2) is 0 Å². The molecule has 0 bridgehead atoms.